The highest BCUT2D eigenvalue weighted by Gasteiger charge is 2.38. The molecular formula is C23H27N5O3S. The van der Waals surface area contributed by atoms with E-state index in [2.05, 4.69) is 9.97 Å². The molecule has 9 heteroatoms. The van der Waals surface area contributed by atoms with E-state index < -0.39 is 10.0 Å². The number of nitrogens with zero attached hydrogens (tertiary/aromatic N) is 5. The lowest BCUT2D eigenvalue weighted by atomic mass is 9.98. The Morgan fingerprint density at radius 3 is 2.50 bits per heavy atom. The van der Waals surface area contributed by atoms with Gasteiger partial charge in [0.25, 0.3) is 0 Å². The number of ether oxygens (including phenoxy) is 1. The zero-order valence-corrected chi connectivity index (χ0v) is 19.5. The van der Waals surface area contributed by atoms with E-state index in [1.165, 1.54) is 0 Å². The summed E-state index contributed by atoms with van der Waals surface area (Å²) in [6.07, 6.45) is 6.76. The molecule has 0 spiro atoms. The summed E-state index contributed by atoms with van der Waals surface area (Å²) in [4.78, 5) is 15.6. The number of anilines is 1. The molecule has 3 aromatic rings. The second kappa shape index (κ2) is 8.84. The first-order valence-electron chi connectivity index (χ1n) is 10.4. The van der Waals surface area contributed by atoms with Crippen molar-refractivity contribution in [3.63, 3.8) is 0 Å². The summed E-state index contributed by atoms with van der Waals surface area (Å²) in [5.41, 5.74) is 3.48. The fourth-order valence-electron chi connectivity index (χ4n) is 4.02. The van der Waals surface area contributed by atoms with E-state index >= 15 is 0 Å². The van der Waals surface area contributed by atoms with Gasteiger partial charge >= 0.3 is 0 Å². The van der Waals surface area contributed by atoms with Gasteiger partial charge in [0.05, 0.1) is 23.7 Å². The fourth-order valence-corrected chi connectivity index (χ4v) is 5.68. The molecule has 1 aliphatic heterocycles. The second-order valence-corrected chi connectivity index (χ2v) is 9.89. The lowest BCUT2D eigenvalue weighted by Crippen LogP contribution is -2.31. The first kappa shape index (κ1) is 22.2. The van der Waals surface area contributed by atoms with Crippen molar-refractivity contribution in [3.05, 3.63) is 60.2 Å². The van der Waals surface area contributed by atoms with Crippen molar-refractivity contribution in [2.45, 2.75) is 30.7 Å². The number of hydrogen-bond acceptors (Lipinski definition) is 7. The van der Waals surface area contributed by atoms with E-state index in [0.717, 1.165) is 23.1 Å². The van der Waals surface area contributed by atoms with Crippen molar-refractivity contribution in [2.24, 2.45) is 0 Å². The maximum absolute atomic E-state index is 13.6. The van der Waals surface area contributed by atoms with Crippen LogP contribution in [0.2, 0.25) is 0 Å². The lowest BCUT2D eigenvalue weighted by Gasteiger charge is -2.26. The molecule has 1 saturated heterocycles. The molecule has 2 aromatic heterocycles. The normalized spacial score (nSPS) is 16.8. The number of sulfonamides is 1. The van der Waals surface area contributed by atoms with E-state index in [-0.39, 0.29) is 10.9 Å². The molecule has 1 aromatic carbocycles. The third-order valence-corrected chi connectivity index (χ3v) is 7.62. The fraction of sp³-hybridized carbons (Fsp3) is 0.348. The first-order valence-corrected chi connectivity index (χ1v) is 11.9. The quantitative estimate of drug-likeness (QED) is 0.565. The smallest absolute Gasteiger partial charge is 0.243 e. The maximum Gasteiger partial charge on any atom is 0.243 e. The van der Waals surface area contributed by atoms with E-state index in [0.29, 0.717) is 30.4 Å². The topological polar surface area (TPSA) is 88.5 Å². The van der Waals surface area contributed by atoms with Crippen LogP contribution >= 0.6 is 0 Å². The number of aromatic nitrogens is 3. The van der Waals surface area contributed by atoms with Gasteiger partial charge in [-0.2, -0.15) is 4.31 Å². The van der Waals surface area contributed by atoms with E-state index in [4.69, 9.17) is 9.72 Å². The Labute approximate surface area is 189 Å². The van der Waals surface area contributed by atoms with Gasteiger partial charge in [0, 0.05) is 44.8 Å². The first-order chi connectivity index (χ1) is 15.3. The summed E-state index contributed by atoms with van der Waals surface area (Å²) in [5.74, 6) is 1.16. The van der Waals surface area contributed by atoms with Gasteiger partial charge in [0.1, 0.15) is 5.75 Å². The number of benzene rings is 1. The minimum absolute atomic E-state index is 0.244. The van der Waals surface area contributed by atoms with Gasteiger partial charge < -0.3 is 9.64 Å². The molecule has 0 unspecified atom stereocenters. The van der Waals surface area contributed by atoms with Gasteiger partial charge in [-0.3, -0.25) is 4.98 Å². The highest BCUT2D eigenvalue weighted by molar-refractivity contribution is 7.89. The molecule has 32 heavy (non-hydrogen) atoms. The van der Waals surface area contributed by atoms with Crippen LogP contribution in [0.15, 0.2) is 53.8 Å². The maximum atomic E-state index is 13.6. The van der Waals surface area contributed by atoms with Crippen LogP contribution in [0, 0.1) is 6.92 Å². The molecule has 0 bridgehead atoms. The Morgan fingerprint density at radius 1 is 1.09 bits per heavy atom. The third-order valence-electron chi connectivity index (χ3n) is 5.70. The summed E-state index contributed by atoms with van der Waals surface area (Å²) in [5, 5.41) is 0. The predicted molar refractivity (Wildman–Crippen MR) is 123 cm³/mol. The molecule has 0 amide bonds. The minimum atomic E-state index is -3.71. The Balaban J connectivity index is 1.82. The van der Waals surface area contributed by atoms with Crippen molar-refractivity contribution in [1.82, 2.24) is 19.3 Å². The number of pyridine rings is 1. The summed E-state index contributed by atoms with van der Waals surface area (Å²) in [6, 6.07) is 8.04. The monoisotopic (exact) mass is 453 g/mol. The molecule has 168 valence electrons. The number of rotatable bonds is 6. The number of hydrogen-bond donors (Lipinski definition) is 0. The van der Waals surface area contributed by atoms with E-state index in [1.807, 2.05) is 32.0 Å². The molecule has 3 heterocycles. The van der Waals surface area contributed by atoms with E-state index in [1.54, 1.807) is 54.3 Å². The highest BCUT2D eigenvalue weighted by atomic mass is 32.2. The Hall–Kier alpha value is -3.04. The molecule has 4 rings (SSSR count). The van der Waals surface area contributed by atoms with Gasteiger partial charge in [-0.15, -0.1) is 0 Å². The molecule has 1 fully saturated rings. The van der Waals surface area contributed by atoms with Gasteiger partial charge in [-0.1, -0.05) is 0 Å². The SMILES string of the molecule is COc1ccc(S(=O)(=O)N2CCC[C@@H]2c2nc(N(C)C)ncc2-c2ccncc2C)cc1. The molecule has 0 radical (unpaired) electrons. The van der Waals surface area contributed by atoms with E-state index in [9.17, 15) is 8.42 Å². The molecule has 8 nitrogen and oxygen atoms in total. The summed E-state index contributed by atoms with van der Waals surface area (Å²) < 4.78 is 33.9. The Bertz CT molecular complexity index is 1210. The second-order valence-electron chi connectivity index (χ2n) is 8.00. The van der Waals surface area contributed by atoms with Crippen LogP contribution in [-0.2, 0) is 10.0 Å². The lowest BCUT2D eigenvalue weighted by molar-refractivity contribution is 0.390. The van der Waals surface area contributed by atoms with Crippen molar-refractivity contribution in [2.75, 3.05) is 32.6 Å². The standard InChI is InChI=1S/C23H27N5O3S/c1-16-14-24-12-11-19(16)20-15-25-23(27(2)3)26-22(20)21-6-5-13-28(21)32(29,30)18-9-7-17(31-4)8-10-18/h7-12,14-15,21H,5-6,13H2,1-4H3/t21-/m1/s1. The molecule has 1 atom stereocenters. The van der Waals surface area contributed by atoms with Crippen molar-refractivity contribution in [3.8, 4) is 16.9 Å². The van der Waals surface area contributed by atoms with Crippen LogP contribution in [0.3, 0.4) is 0 Å². The van der Waals surface area contributed by atoms with Gasteiger partial charge in [-0.25, -0.2) is 18.4 Å². The van der Waals surface area contributed by atoms with Gasteiger partial charge in [-0.05, 0) is 61.2 Å². The van der Waals surface area contributed by atoms with Gasteiger partial charge in [0.2, 0.25) is 16.0 Å². The average molecular weight is 454 g/mol. The molecular weight excluding hydrogens is 426 g/mol. The molecule has 1 aliphatic rings. The van der Waals surface area contributed by atoms with Crippen LogP contribution in [-0.4, -0.2) is 55.4 Å². The summed E-state index contributed by atoms with van der Waals surface area (Å²) in [6.45, 7) is 2.42. The van der Waals surface area contributed by atoms with Crippen LogP contribution in [0.1, 0.15) is 30.1 Å². The number of aryl methyl sites for hydroxylation is 1. The zero-order chi connectivity index (χ0) is 22.9. The van der Waals surface area contributed by atoms with Crippen LogP contribution < -0.4 is 9.64 Å². The Morgan fingerprint density at radius 2 is 1.84 bits per heavy atom. The zero-order valence-electron chi connectivity index (χ0n) is 18.7. The largest absolute Gasteiger partial charge is 0.497 e. The molecule has 0 saturated carbocycles. The van der Waals surface area contributed by atoms with Crippen molar-refractivity contribution >= 4 is 16.0 Å². The summed E-state index contributed by atoms with van der Waals surface area (Å²) >= 11 is 0. The average Bonchev–Trinajstić information content (AvgIpc) is 3.30. The van der Waals surface area contributed by atoms with Gasteiger partial charge in [0.15, 0.2) is 0 Å². The van der Waals surface area contributed by atoms with Crippen LogP contribution in [0.4, 0.5) is 5.95 Å². The predicted octanol–water partition coefficient (Wildman–Crippen LogP) is 3.45. The molecule has 0 N–H and O–H groups in total. The third kappa shape index (κ3) is 4.05. The molecule has 0 aliphatic carbocycles. The number of methoxy groups -OCH3 is 1. The minimum Gasteiger partial charge on any atom is -0.497 e. The Kier molecular flexibility index (Phi) is 6.12. The van der Waals surface area contributed by atoms with Crippen LogP contribution in [0.5, 0.6) is 5.75 Å². The van der Waals surface area contributed by atoms with Crippen molar-refractivity contribution in [1.29, 1.82) is 0 Å². The highest BCUT2D eigenvalue weighted by Crippen LogP contribution is 2.40. The van der Waals surface area contributed by atoms with Crippen molar-refractivity contribution < 1.29 is 13.2 Å². The summed E-state index contributed by atoms with van der Waals surface area (Å²) in [7, 11) is 1.59. The van der Waals surface area contributed by atoms with Crippen LogP contribution in [0.25, 0.3) is 11.1 Å².